The van der Waals surface area contributed by atoms with Crippen molar-refractivity contribution in [2.24, 2.45) is 17.8 Å². The Hall–Kier alpha value is -0.0400. The van der Waals surface area contributed by atoms with Crippen LogP contribution in [0.2, 0.25) is 0 Å². The zero-order valence-corrected chi connectivity index (χ0v) is 11.1. The third kappa shape index (κ3) is 5.01. The zero-order chi connectivity index (χ0) is 11.3. The number of rotatable bonds is 8. The molecule has 0 bridgehead atoms. The summed E-state index contributed by atoms with van der Waals surface area (Å²) in [5.41, 5.74) is 0. The van der Waals surface area contributed by atoms with Gasteiger partial charge in [-0.2, -0.15) is 0 Å². The fourth-order valence-corrected chi connectivity index (χ4v) is 2.51. The minimum atomic E-state index is 0.779. The Bertz CT molecular complexity index is 161. The molecule has 1 aliphatic rings. The van der Waals surface area contributed by atoms with E-state index in [-0.39, 0.29) is 0 Å². The van der Waals surface area contributed by atoms with Crippen molar-refractivity contribution in [1.82, 2.24) is 5.32 Å². The van der Waals surface area contributed by atoms with Crippen LogP contribution in [0.3, 0.4) is 0 Å². The van der Waals surface area contributed by atoms with Crippen molar-refractivity contribution in [2.75, 3.05) is 6.54 Å². The Labute approximate surface area is 96.0 Å². The fraction of sp³-hybridized carbons (Fsp3) is 1.00. The quantitative estimate of drug-likeness (QED) is 0.643. The summed E-state index contributed by atoms with van der Waals surface area (Å²) in [4.78, 5) is 0. The molecule has 1 N–H and O–H groups in total. The van der Waals surface area contributed by atoms with Gasteiger partial charge in [-0.15, -0.1) is 0 Å². The van der Waals surface area contributed by atoms with E-state index < -0.39 is 0 Å². The molecule has 0 aromatic rings. The molecule has 0 heterocycles. The Balaban J connectivity index is 2.22. The van der Waals surface area contributed by atoms with Gasteiger partial charge in [-0.25, -0.2) is 0 Å². The monoisotopic (exact) mass is 211 g/mol. The Kier molecular flexibility index (Phi) is 5.66. The molecule has 1 fully saturated rings. The van der Waals surface area contributed by atoms with Crippen LogP contribution < -0.4 is 5.32 Å². The fourth-order valence-electron chi connectivity index (χ4n) is 2.51. The lowest BCUT2D eigenvalue weighted by molar-refractivity contribution is 0.316. The number of hydrogen-bond acceptors (Lipinski definition) is 1. The van der Waals surface area contributed by atoms with Gasteiger partial charge in [-0.3, -0.25) is 0 Å². The van der Waals surface area contributed by atoms with E-state index in [0.29, 0.717) is 0 Å². The molecule has 1 heteroatoms. The second kappa shape index (κ2) is 6.52. The first-order valence-electron chi connectivity index (χ1n) is 6.88. The molecule has 0 saturated heterocycles. The van der Waals surface area contributed by atoms with Gasteiger partial charge < -0.3 is 5.32 Å². The summed E-state index contributed by atoms with van der Waals surface area (Å²) in [6.45, 7) is 10.5. The SMILES string of the molecule is CCNC(CCCC(C)C)C(C)C1CC1. The van der Waals surface area contributed by atoms with Gasteiger partial charge in [-0.05, 0) is 43.6 Å². The van der Waals surface area contributed by atoms with Crippen molar-refractivity contribution in [3.8, 4) is 0 Å². The van der Waals surface area contributed by atoms with Crippen LogP contribution in [0.1, 0.15) is 59.8 Å². The molecule has 0 spiro atoms. The molecule has 0 aromatic carbocycles. The first-order valence-corrected chi connectivity index (χ1v) is 6.88. The standard InChI is InChI=1S/C14H29N/c1-5-15-14(8-6-7-11(2)3)12(4)13-9-10-13/h11-15H,5-10H2,1-4H3. The highest BCUT2D eigenvalue weighted by Gasteiger charge is 2.32. The molecule has 2 atom stereocenters. The number of hydrogen-bond donors (Lipinski definition) is 1. The van der Waals surface area contributed by atoms with Crippen molar-refractivity contribution >= 4 is 0 Å². The summed E-state index contributed by atoms with van der Waals surface area (Å²) in [6.07, 6.45) is 7.12. The van der Waals surface area contributed by atoms with Crippen molar-refractivity contribution in [3.63, 3.8) is 0 Å². The molecular formula is C14H29N. The summed E-state index contributed by atoms with van der Waals surface area (Å²) in [7, 11) is 0. The van der Waals surface area contributed by atoms with E-state index in [1.165, 1.54) is 32.1 Å². The van der Waals surface area contributed by atoms with E-state index in [1.807, 2.05) is 0 Å². The molecule has 0 aromatic heterocycles. The van der Waals surface area contributed by atoms with Crippen LogP contribution >= 0.6 is 0 Å². The highest BCUT2D eigenvalue weighted by molar-refractivity contribution is 4.86. The van der Waals surface area contributed by atoms with Crippen LogP contribution in [0, 0.1) is 17.8 Å². The smallest absolute Gasteiger partial charge is 0.00952 e. The lowest BCUT2D eigenvalue weighted by Gasteiger charge is -2.25. The zero-order valence-electron chi connectivity index (χ0n) is 11.1. The molecule has 1 rings (SSSR count). The predicted molar refractivity (Wildman–Crippen MR) is 68.0 cm³/mol. The van der Waals surface area contributed by atoms with Crippen LogP contribution in [-0.4, -0.2) is 12.6 Å². The van der Waals surface area contributed by atoms with Crippen molar-refractivity contribution in [2.45, 2.75) is 65.8 Å². The van der Waals surface area contributed by atoms with Gasteiger partial charge in [0.25, 0.3) is 0 Å². The molecule has 2 unspecified atom stereocenters. The van der Waals surface area contributed by atoms with E-state index in [2.05, 4.69) is 33.0 Å². The van der Waals surface area contributed by atoms with Crippen LogP contribution in [0.25, 0.3) is 0 Å². The summed E-state index contributed by atoms with van der Waals surface area (Å²) >= 11 is 0. The molecule has 15 heavy (non-hydrogen) atoms. The lowest BCUT2D eigenvalue weighted by atomic mass is 9.91. The van der Waals surface area contributed by atoms with Crippen molar-refractivity contribution in [3.05, 3.63) is 0 Å². The lowest BCUT2D eigenvalue weighted by Crippen LogP contribution is -2.35. The van der Waals surface area contributed by atoms with E-state index in [9.17, 15) is 0 Å². The van der Waals surface area contributed by atoms with E-state index >= 15 is 0 Å². The maximum atomic E-state index is 3.68. The average molecular weight is 211 g/mol. The highest BCUT2D eigenvalue weighted by Crippen LogP contribution is 2.39. The van der Waals surface area contributed by atoms with E-state index in [0.717, 1.165) is 30.3 Å². The molecule has 90 valence electrons. The maximum absolute atomic E-state index is 3.68. The van der Waals surface area contributed by atoms with Gasteiger partial charge >= 0.3 is 0 Å². The summed E-state index contributed by atoms with van der Waals surface area (Å²) in [5.74, 6) is 2.80. The van der Waals surface area contributed by atoms with Crippen LogP contribution in [0.5, 0.6) is 0 Å². The normalized spacial score (nSPS) is 20.6. The Morgan fingerprint density at radius 3 is 2.27 bits per heavy atom. The van der Waals surface area contributed by atoms with Gasteiger partial charge in [0.05, 0.1) is 0 Å². The summed E-state index contributed by atoms with van der Waals surface area (Å²) in [5, 5.41) is 3.68. The van der Waals surface area contributed by atoms with Gasteiger partial charge in [0.2, 0.25) is 0 Å². The average Bonchev–Trinajstić information content (AvgIpc) is 2.98. The van der Waals surface area contributed by atoms with Gasteiger partial charge in [0.1, 0.15) is 0 Å². The third-order valence-corrected chi connectivity index (χ3v) is 3.76. The van der Waals surface area contributed by atoms with Crippen molar-refractivity contribution in [1.29, 1.82) is 0 Å². The topological polar surface area (TPSA) is 12.0 Å². The minimum Gasteiger partial charge on any atom is -0.314 e. The summed E-state index contributed by atoms with van der Waals surface area (Å²) in [6, 6.07) is 0.779. The second-order valence-corrected chi connectivity index (χ2v) is 5.69. The molecule has 1 aliphatic carbocycles. The number of nitrogens with one attached hydrogen (secondary N) is 1. The molecular weight excluding hydrogens is 182 g/mol. The first kappa shape index (κ1) is 13.0. The second-order valence-electron chi connectivity index (χ2n) is 5.69. The van der Waals surface area contributed by atoms with Crippen LogP contribution in [-0.2, 0) is 0 Å². The Morgan fingerprint density at radius 2 is 1.80 bits per heavy atom. The van der Waals surface area contributed by atoms with E-state index in [4.69, 9.17) is 0 Å². The first-order chi connectivity index (χ1) is 7.15. The van der Waals surface area contributed by atoms with Crippen molar-refractivity contribution < 1.29 is 0 Å². The highest BCUT2D eigenvalue weighted by atomic mass is 14.9. The molecule has 1 saturated carbocycles. The maximum Gasteiger partial charge on any atom is 0.00952 e. The predicted octanol–water partition coefficient (Wildman–Crippen LogP) is 3.84. The molecule has 0 amide bonds. The minimum absolute atomic E-state index is 0.779. The van der Waals surface area contributed by atoms with Gasteiger partial charge in [0, 0.05) is 6.04 Å². The molecule has 0 aliphatic heterocycles. The molecule has 0 radical (unpaired) electrons. The third-order valence-electron chi connectivity index (χ3n) is 3.76. The van der Waals surface area contributed by atoms with Gasteiger partial charge in [0.15, 0.2) is 0 Å². The largest absolute Gasteiger partial charge is 0.314 e. The Morgan fingerprint density at radius 1 is 1.13 bits per heavy atom. The van der Waals surface area contributed by atoms with Crippen LogP contribution in [0.4, 0.5) is 0 Å². The molecule has 1 nitrogen and oxygen atoms in total. The van der Waals surface area contributed by atoms with Crippen LogP contribution in [0.15, 0.2) is 0 Å². The van der Waals surface area contributed by atoms with Gasteiger partial charge in [-0.1, -0.05) is 40.5 Å². The summed E-state index contributed by atoms with van der Waals surface area (Å²) < 4.78 is 0. The van der Waals surface area contributed by atoms with E-state index in [1.54, 1.807) is 0 Å².